The van der Waals surface area contributed by atoms with Crippen LogP contribution in [0.4, 0.5) is 0 Å². The standard InChI is InChI=1S/C14H22BrNOS/c1-4-10(2)18-9-12(16)7-11-5-6-14(17-3)13(15)8-11/h5-6,8,10,12H,4,7,9,16H2,1-3H3. The van der Waals surface area contributed by atoms with Crippen LogP contribution in [0.2, 0.25) is 0 Å². The van der Waals surface area contributed by atoms with Gasteiger partial charge in [-0.2, -0.15) is 11.8 Å². The lowest BCUT2D eigenvalue weighted by Gasteiger charge is -2.15. The molecule has 0 radical (unpaired) electrons. The average Bonchev–Trinajstić information content (AvgIpc) is 2.36. The van der Waals surface area contributed by atoms with E-state index in [2.05, 4.69) is 41.9 Å². The highest BCUT2D eigenvalue weighted by molar-refractivity contribution is 9.10. The molecule has 1 aromatic rings. The molecular formula is C14H22BrNOS. The first kappa shape index (κ1) is 15.9. The fourth-order valence-electron chi connectivity index (χ4n) is 1.60. The Hall–Kier alpha value is -0.190. The Kier molecular flexibility index (Phi) is 7.12. The van der Waals surface area contributed by atoms with Crippen LogP contribution in [0.1, 0.15) is 25.8 Å². The average molecular weight is 332 g/mol. The number of methoxy groups -OCH3 is 1. The summed E-state index contributed by atoms with van der Waals surface area (Å²) in [5, 5.41) is 0.693. The SMILES string of the molecule is CCC(C)SCC(N)Cc1ccc(OC)c(Br)c1. The summed E-state index contributed by atoms with van der Waals surface area (Å²) in [5.74, 6) is 1.87. The van der Waals surface area contributed by atoms with Crippen LogP contribution in [0.15, 0.2) is 22.7 Å². The van der Waals surface area contributed by atoms with Crippen LogP contribution in [0.3, 0.4) is 0 Å². The van der Waals surface area contributed by atoms with Crippen LogP contribution in [-0.2, 0) is 6.42 Å². The fourth-order valence-corrected chi connectivity index (χ4v) is 3.12. The second-order valence-electron chi connectivity index (χ2n) is 4.49. The first-order chi connectivity index (χ1) is 8.56. The molecule has 0 spiro atoms. The summed E-state index contributed by atoms with van der Waals surface area (Å²) in [6, 6.07) is 6.36. The number of hydrogen-bond acceptors (Lipinski definition) is 3. The highest BCUT2D eigenvalue weighted by Crippen LogP contribution is 2.26. The number of hydrogen-bond donors (Lipinski definition) is 1. The van der Waals surface area contributed by atoms with Gasteiger partial charge in [0.15, 0.2) is 0 Å². The summed E-state index contributed by atoms with van der Waals surface area (Å²) >= 11 is 5.45. The molecule has 102 valence electrons. The van der Waals surface area contributed by atoms with Gasteiger partial charge in [-0.15, -0.1) is 0 Å². The van der Waals surface area contributed by atoms with E-state index in [1.807, 2.05) is 17.8 Å². The van der Waals surface area contributed by atoms with Crippen molar-refractivity contribution < 1.29 is 4.74 Å². The number of nitrogens with two attached hydrogens (primary N) is 1. The molecule has 0 heterocycles. The summed E-state index contributed by atoms with van der Waals surface area (Å²) < 4.78 is 6.21. The molecule has 18 heavy (non-hydrogen) atoms. The molecule has 2 unspecified atom stereocenters. The summed E-state index contributed by atoms with van der Waals surface area (Å²) in [6.07, 6.45) is 2.11. The Bertz CT molecular complexity index is 373. The summed E-state index contributed by atoms with van der Waals surface area (Å²) in [4.78, 5) is 0. The normalized spacial score (nSPS) is 14.3. The molecule has 0 amide bonds. The van der Waals surface area contributed by atoms with E-state index >= 15 is 0 Å². The van der Waals surface area contributed by atoms with Gasteiger partial charge in [0.25, 0.3) is 0 Å². The maximum Gasteiger partial charge on any atom is 0.133 e. The third kappa shape index (κ3) is 5.21. The van der Waals surface area contributed by atoms with Crippen LogP contribution in [0.5, 0.6) is 5.75 Å². The van der Waals surface area contributed by atoms with Gasteiger partial charge in [-0.25, -0.2) is 0 Å². The van der Waals surface area contributed by atoms with Crippen molar-refractivity contribution in [2.75, 3.05) is 12.9 Å². The molecule has 0 aromatic heterocycles. The molecule has 0 fully saturated rings. The lowest BCUT2D eigenvalue weighted by molar-refractivity contribution is 0.412. The van der Waals surface area contributed by atoms with Crippen molar-refractivity contribution in [3.05, 3.63) is 28.2 Å². The molecule has 0 bridgehead atoms. The minimum absolute atomic E-state index is 0.212. The second-order valence-corrected chi connectivity index (χ2v) is 6.81. The van der Waals surface area contributed by atoms with Gasteiger partial charge in [-0.1, -0.05) is 19.9 Å². The van der Waals surface area contributed by atoms with E-state index in [4.69, 9.17) is 10.5 Å². The smallest absolute Gasteiger partial charge is 0.133 e. The largest absolute Gasteiger partial charge is 0.496 e. The van der Waals surface area contributed by atoms with Crippen molar-refractivity contribution >= 4 is 27.7 Å². The lowest BCUT2D eigenvalue weighted by Crippen LogP contribution is -2.26. The van der Waals surface area contributed by atoms with Crippen molar-refractivity contribution in [3.8, 4) is 5.75 Å². The number of thioether (sulfide) groups is 1. The van der Waals surface area contributed by atoms with E-state index in [1.54, 1.807) is 7.11 Å². The topological polar surface area (TPSA) is 35.2 Å². The molecule has 2 N–H and O–H groups in total. The Morgan fingerprint density at radius 1 is 1.44 bits per heavy atom. The van der Waals surface area contributed by atoms with E-state index in [9.17, 15) is 0 Å². The van der Waals surface area contributed by atoms with E-state index in [1.165, 1.54) is 12.0 Å². The van der Waals surface area contributed by atoms with E-state index in [0.717, 1.165) is 22.4 Å². The number of halogens is 1. The summed E-state index contributed by atoms with van der Waals surface area (Å²) in [6.45, 7) is 4.46. The van der Waals surface area contributed by atoms with Crippen molar-refractivity contribution in [1.82, 2.24) is 0 Å². The number of ether oxygens (including phenoxy) is 1. The molecule has 1 aromatic carbocycles. The Morgan fingerprint density at radius 3 is 2.72 bits per heavy atom. The second kappa shape index (κ2) is 8.08. The van der Waals surface area contributed by atoms with Crippen molar-refractivity contribution in [3.63, 3.8) is 0 Å². The Labute approximate surface area is 123 Å². The van der Waals surface area contributed by atoms with E-state index in [0.29, 0.717) is 5.25 Å². The predicted molar refractivity (Wildman–Crippen MR) is 84.6 cm³/mol. The molecule has 0 aliphatic heterocycles. The maximum atomic E-state index is 6.16. The molecule has 0 aliphatic rings. The van der Waals surface area contributed by atoms with Gasteiger partial charge in [0.1, 0.15) is 5.75 Å². The van der Waals surface area contributed by atoms with Crippen molar-refractivity contribution in [2.45, 2.75) is 38.0 Å². The Balaban J connectivity index is 2.49. The minimum atomic E-state index is 0.212. The quantitative estimate of drug-likeness (QED) is 0.823. The van der Waals surface area contributed by atoms with Crippen LogP contribution >= 0.6 is 27.7 Å². The number of benzene rings is 1. The lowest BCUT2D eigenvalue weighted by atomic mass is 10.1. The highest BCUT2D eigenvalue weighted by atomic mass is 79.9. The summed E-state index contributed by atoms with van der Waals surface area (Å²) in [5.41, 5.74) is 7.41. The highest BCUT2D eigenvalue weighted by Gasteiger charge is 2.08. The van der Waals surface area contributed by atoms with Gasteiger partial charge < -0.3 is 10.5 Å². The zero-order valence-electron chi connectivity index (χ0n) is 11.3. The monoisotopic (exact) mass is 331 g/mol. The molecule has 0 saturated heterocycles. The third-order valence-electron chi connectivity index (χ3n) is 2.88. The molecular weight excluding hydrogens is 310 g/mol. The van der Waals surface area contributed by atoms with Gasteiger partial charge in [0.2, 0.25) is 0 Å². The van der Waals surface area contributed by atoms with Gasteiger partial charge >= 0.3 is 0 Å². The zero-order valence-corrected chi connectivity index (χ0v) is 13.7. The van der Waals surface area contributed by atoms with E-state index in [-0.39, 0.29) is 6.04 Å². The predicted octanol–water partition coefficient (Wildman–Crippen LogP) is 3.86. The fraction of sp³-hybridized carbons (Fsp3) is 0.571. The van der Waals surface area contributed by atoms with Gasteiger partial charge in [0, 0.05) is 17.0 Å². The van der Waals surface area contributed by atoms with Crippen molar-refractivity contribution in [1.29, 1.82) is 0 Å². The molecule has 1 rings (SSSR count). The molecule has 4 heteroatoms. The number of rotatable bonds is 7. The van der Waals surface area contributed by atoms with Crippen LogP contribution in [-0.4, -0.2) is 24.2 Å². The van der Waals surface area contributed by atoms with E-state index < -0.39 is 0 Å². The maximum absolute atomic E-state index is 6.16. The van der Waals surface area contributed by atoms with Gasteiger partial charge in [0.05, 0.1) is 11.6 Å². The third-order valence-corrected chi connectivity index (χ3v) is 5.03. The first-order valence-electron chi connectivity index (χ1n) is 6.26. The van der Waals surface area contributed by atoms with Crippen LogP contribution in [0, 0.1) is 0 Å². The van der Waals surface area contributed by atoms with Crippen molar-refractivity contribution in [2.24, 2.45) is 5.73 Å². The molecule has 2 nitrogen and oxygen atoms in total. The summed E-state index contributed by atoms with van der Waals surface area (Å²) in [7, 11) is 1.67. The minimum Gasteiger partial charge on any atom is -0.496 e. The first-order valence-corrected chi connectivity index (χ1v) is 8.10. The van der Waals surface area contributed by atoms with Gasteiger partial charge in [-0.3, -0.25) is 0 Å². The zero-order chi connectivity index (χ0) is 13.5. The Morgan fingerprint density at radius 2 is 2.17 bits per heavy atom. The molecule has 0 saturated carbocycles. The molecule has 0 aliphatic carbocycles. The molecule has 2 atom stereocenters. The van der Waals surface area contributed by atoms with Gasteiger partial charge in [-0.05, 0) is 46.5 Å². The van der Waals surface area contributed by atoms with Crippen LogP contribution < -0.4 is 10.5 Å². The van der Waals surface area contributed by atoms with Crippen LogP contribution in [0.25, 0.3) is 0 Å².